The average molecular weight is 247 g/mol. The van der Waals surface area contributed by atoms with Crippen molar-refractivity contribution in [2.75, 3.05) is 6.61 Å². The minimum Gasteiger partial charge on any atom is -0.461 e. The Hall–Kier alpha value is -1.32. The second kappa shape index (κ2) is 4.75. The summed E-state index contributed by atoms with van der Waals surface area (Å²) in [7, 11) is 0. The Kier molecular flexibility index (Phi) is 3.46. The summed E-state index contributed by atoms with van der Waals surface area (Å²) in [5, 5.41) is 10.4. The topological polar surface area (TPSA) is 59.4 Å². The Morgan fingerprint density at radius 1 is 1.33 bits per heavy atom. The molecular weight excluding hydrogens is 226 g/mol. The lowest BCUT2D eigenvalue weighted by atomic mass is 9.79. The molecule has 1 heterocycles. The zero-order valence-corrected chi connectivity index (χ0v) is 11.2. The fourth-order valence-electron chi connectivity index (χ4n) is 2.64. The van der Waals surface area contributed by atoms with Crippen LogP contribution in [0.15, 0.2) is 28.7 Å². The van der Waals surface area contributed by atoms with Crippen LogP contribution < -0.4 is 5.73 Å². The van der Waals surface area contributed by atoms with Crippen molar-refractivity contribution in [3.05, 3.63) is 35.6 Å². The van der Waals surface area contributed by atoms with Crippen molar-refractivity contribution in [2.45, 2.75) is 38.6 Å². The van der Waals surface area contributed by atoms with E-state index in [1.54, 1.807) is 0 Å². The van der Waals surface area contributed by atoms with Crippen LogP contribution >= 0.6 is 0 Å². The van der Waals surface area contributed by atoms with Crippen molar-refractivity contribution in [3.63, 3.8) is 0 Å². The molecule has 1 atom stereocenters. The molecule has 3 N–H and O–H groups in total. The summed E-state index contributed by atoms with van der Waals surface area (Å²) in [6.07, 6.45) is 0.647. The van der Waals surface area contributed by atoms with Gasteiger partial charge in [0.25, 0.3) is 0 Å². The lowest BCUT2D eigenvalue weighted by Crippen LogP contribution is -2.40. The average Bonchev–Trinajstić information content (AvgIpc) is 2.60. The molecule has 3 nitrogen and oxygen atoms in total. The highest BCUT2D eigenvalue weighted by Crippen LogP contribution is 2.38. The highest BCUT2D eigenvalue weighted by Gasteiger charge is 2.30. The SMILES string of the molecule is Cc1oc2ccccc2c1C(CCO)C(C)(C)N. The monoisotopic (exact) mass is 247 g/mol. The van der Waals surface area contributed by atoms with E-state index in [1.165, 1.54) is 0 Å². The summed E-state index contributed by atoms with van der Waals surface area (Å²) in [5.74, 6) is 0.985. The van der Waals surface area contributed by atoms with Crippen LogP contribution in [0.25, 0.3) is 11.0 Å². The normalized spacial score (nSPS) is 14.1. The third-order valence-corrected chi connectivity index (χ3v) is 3.48. The lowest BCUT2D eigenvalue weighted by molar-refractivity contribution is 0.250. The number of rotatable bonds is 4. The van der Waals surface area contributed by atoms with Gasteiger partial charge in [-0.3, -0.25) is 0 Å². The van der Waals surface area contributed by atoms with Gasteiger partial charge >= 0.3 is 0 Å². The molecule has 0 saturated heterocycles. The molecule has 98 valence electrons. The summed E-state index contributed by atoms with van der Waals surface area (Å²) in [5.41, 5.74) is 7.89. The fraction of sp³-hybridized carbons (Fsp3) is 0.467. The summed E-state index contributed by atoms with van der Waals surface area (Å²) in [6.45, 7) is 6.08. The maximum absolute atomic E-state index is 9.28. The second-order valence-electron chi connectivity index (χ2n) is 5.45. The van der Waals surface area contributed by atoms with Gasteiger partial charge in [-0.2, -0.15) is 0 Å². The standard InChI is InChI=1S/C15H21NO2/c1-10-14(12(8-9-17)15(2,3)16)11-6-4-5-7-13(11)18-10/h4-7,12,17H,8-9,16H2,1-3H3. The number of fused-ring (bicyclic) bond motifs is 1. The van der Waals surface area contributed by atoms with Gasteiger partial charge in [0.15, 0.2) is 0 Å². The van der Waals surface area contributed by atoms with E-state index in [1.807, 2.05) is 39.0 Å². The van der Waals surface area contributed by atoms with Gasteiger partial charge < -0.3 is 15.3 Å². The van der Waals surface area contributed by atoms with Gasteiger partial charge in [0.1, 0.15) is 11.3 Å². The van der Waals surface area contributed by atoms with Crippen LogP contribution in [-0.2, 0) is 0 Å². The first kappa shape index (κ1) is 13.1. The summed E-state index contributed by atoms with van der Waals surface area (Å²) in [6, 6.07) is 7.98. The molecule has 0 saturated carbocycles. The van der Waals surface area contributed by atoms with E-state index in [0.717, 1.165) is 22.3 Å². The maximum atomic E-state index is 9.28. The molecule has 0 aliphatic rings. The highest BCUT2D eigenvalue weighted by atomic mass is 16.3. The number of furan rings is 1. The molecule has 0 spiro atoms. The molecule has 1 aromatic heterocycles. The molecular formula is C15H21NO2. The third kappa shape index (κ3) is 2.28. The van der Waals surface area contributed by atoms with E-state index in [0.29, 0.717) is 6.42 Å². The molecule has 0 bridgehead atoms. The third-order valence-electron chi connectivity index (χ3n) is 3.48. The molecule has 2 rings (SSSR count). The quantitative estimate of drug-likeness (QED) is 0.873. The van der Waals surface area contributed by atoms with Crippen LogP contribution in [-0.4, -0.2) is 17.3 Å². The number of benzene rings is 1. The summed E-state index contributed by atoms with van der Waals surface area (Å²) >= 11 is 0. The number of nitrogens with two attached hydrogens (primary N) is 1. The number of aliphatic hydroxyl groups excluding tert-OH is 1. The molecule has 0 amide bonds. The van der Waals surface area contributed by atoms with Crippen LogP contribution in [0.5, 0.6) is 0 Å². The van der Waals surface area contributed by atoms with Gasteiger partial charge in [0.05, 0.1) is 0 Å². The van der Waals surface area contributed by atoms with E-state index in [9.17, 15) is 5.11 Å². The first-order valence-corrected chi connectivity index (χ1v) is 6.33. The van der Waals surface area contributed by atoms with Crippen LogP contribution in [0.3, 0.4) is 0 Å². The predicted molar refractivity (Wildman–Crippen MR) is 73.7 cm³/mol. The van der Waals surface area contributed by atoms with Crippen LogP contribution in [0.2, 0.25) is 0 Å². The van der Waals surface area contributed by atoms with Crippen molar-refractivity contribution in [3.8, 4) is 0 Å². The van der Waals surface area contributed by atoms with Crippen molar-refractivity contribution in [1.29, 1.82) is 0 Å². The molecule has 0 radical (unpaired) electrons. The van der Waals surface area contributed by atoms with Gasteiger partial charge in [0, 0.05) is 29.0 Å². The Morgan fingerprint density at radius 2 is 2.00 bits per heavy atom. The number of hydrogen-bond donors (Lipinski definition) is 2. The van der Waals surface area contributed by atoms with Gasteiger partial charge in [-0.05, 0) is 33.3 Å². The zero-order chi connectivity index (χ0) is 13.3. The van der Waals surface area contributed by atoms with Crippen LogP contribution in [0.4, 0.5) is 0 Å². The van der Waals surface area contributed by atoms with Gasteiger partial charge in [-0.1, -0.05) is 18.2 Å². The summed E-state index contributed by atoms with van der Waals surface area (Å²) in [4.78, 5) is 0. The first-order chi connectivity index (χ1) is 8.45. The largest absolute Gasteiger partial charge is 0.461 e. The fourth-order valence-corrected chi connectivity index (χ4v) is 2.64. The number of aliphatic hydroxyl groups is 1. The number of para-hydroxylation sites is 1. The molecule has 0 fully saturated rings. The number of aryl methyl sites for hydroxylation is 1. The summed E-state index contributed by atoms with van der Waals surface area (Å²) < 4.78 is 5.78. The van der Waals surface area contributed by atoms with Gasteiger partial charge in [0.2, 0.25) is 0 Å². The van der Waals surface area contributed by atoms with E-state index >= 15 is 0 Å². The van der Waals surface area contributed by atoms with E-state index in [2.05, 4.69) is 6.07 Å². The lowest BCUT2D eigenvalue weighted by Gasteiger charge is -2.30. The van der Waals surface area contributed by atoms with Crippen LogP contribution in [0.1, 0.15) is 37.5 Å². The first-order valence-electron chi connectivity index (χ1n) is 6.33. The Morgan fingerprint density at radius 3 is 2.61 bits per heavy atom. The highest BCUT2D eigenvalue weighted by molar-refractivity contribution is 5.83. The molecule has 18 heavy (non-hydrogen) atoms. The second-order valence-corrected chi connectivity index (χ2v) is 5.45. The van der Waals surface area contributed by atoms with Crippen molar-refractivity contribution in [1.82, 2.24) is 0 Å². The van der Waals surface area contributed by atoms with E-state index in [-0.39, 0.29) is 18.1 Å². The molecule has 3 heteroatoms. The van der Waals surface area contributed by atoms with Crippen LogP contribution in [0, 0.1) is 6.92 Å². The zero-order valence-electron chi connectivity index (χ0n) is 11.2. The van der Waals surface area contributed by atoms with Crippen molar-refractivity contribution >= 4 is 11.0 Å². The van der Waals surface area contributed by atoms with E-state index < -0.39 is 0 Å². The molecule has 1 unspecified atom stereocenters. The molecule has 1 aromatic carbocycles. The smallest absolute Gasteiger partial charge is 0.134 e. The Labute approximate surface area is 108 Å². The van der Waals surface area contributed by atoms with Crippen molar-refractivity contribution < 1.29 is 9.52 Å². The Bertz CT molecular complexity index is 537. The Balaban J connectivity index is 2.60. The van der Waals surface area contributed by atoms with Crippen molar-refractivity contribution in [2.24, 2.45) is 5.73 Å². The molecule has 2 aromatic rings. The van der Waals surface area contributed by atoms with E-state index in [4.69, 9.17) is 10.2 Å². The molecule has 0 aliphatic carbocycles. The molecule has 0 aliphatic heterocycles. The number of hydrogen-bond acceptors (Lipinski definition) is 3. The van der Waals surface area contributed by atoms with Gasteiger partial charge in [-0.25, -0.2) is 0 Å². The predicted octanol–water partition coefficient (Wildman–Crippen LogP) is 2.94. The van der Waals surface area contributed by atoms with Gasteiger partial charge in [-0.15, -0.1) is 0 Å². The minimum atomic E-state index is -0.389. The maximum Gasteiger partial charge on any atom is 0.134 e. The minimum absolute atomic E-state index is 0.0890.